The summed E-state index contributed by atoms with van der Waals surface area (Å²) in [6, 6.07) is 21.5. The summed E-state index contributed by atoms with van der Waals surface area (Å²) in [4.78, 5) is 20.6. The first kappa shape index (κ1) is 22.4. The molecule has 0 bridgehead atoms. The lowest BCUT2D eigenvalue weighted by atomic mass is 10.0. The van der Waals surface area contributed by atoms with Crippen molar-refractivity contribution in [3.8, 4) is 11.3 Å². The van der Waals surface area contributed by atoms with Crippen LogP contribution in [0.2, 0.25) is 0 Å². The normalized spacial score (nSPS) is 10.9. The molecule has 0 aliphatic carbocycles. The van der Waals surface area contributed by atoms with Crippen LogP contribution in [-0.4, -0.2) is 30.8 Å². The third kappa shape index (κ3) is 5.71. The van der Waals surface area contributed by atoms with Crippen molar-refractivity contribution in [3.63, 3.8) is 0 Å². The minimum atomic E-state index is -0.978. The minimum absolute atomic E-state index is 0.200. The first-order chi connectivity index (χ1) is 16.1. The highest BCUT2D eigenvalue weighted by Gasteiger charge is 2.14. The summed E-state index contributed by atoms with van der Waals surface area (Å²) in [6.45, 7) is 2.81. The van der Waals surface area contributed by atoms with Crippen molar-refractivity contribution in [1.29, 1.82) is 0 Å². The quantitative estimate of drug-likeness (QED) is 0.366. The van der Waals surface area contributed by atoms with Crippen molar-refractivity contribution in [1.82, 2.24) is 19.7 Å². The van der Waals surface area contributed by atoms with Crippen molar-refractivity contribution in [2.24, 2.45) is 0 Å². The second-order valence-electron chi connectivity index (χ2n) is 8.09. The largest absolute Gasteiger partial charge is 0.478 e. The molecule has 0 saturated carbocycles. The summed E-state index contributed by atoms with van der Waals surface area (Å²) in [5, 5.41) is 14.2. The molecule has 2 aromatic heterocycles. The van der Waals surface area contributed by atoms with Gasteiger partial charge in [0.25, 0.3) is 0 Å². The Bertz CT molecular complexity index is 1200. The van der Waals surface area contributed by atoms with Crippen LogP contribution in [0.15, 0.2) is 72.9 Å². The molecule has 4 aromatic rings. The molecule has 2 aromatic carbocycles. The monoisotopic (exact) mass is 440 g/mol. The molecule has 0 atom stereocenters. The predicted molar refractivity (Wildman–Crippen MR) is 128 cm³/mol. The number of pyridine rings is 1. The van der Waals surface area contributed by atoms with E-state index in [9.17, 15) is 9.90 Å². The van der Waals surface area contributed by atoms with Crippen molar-refractivity contribution in [2.75, 3.05) is 0 Å². The van der Waals surface area contributed by atoms with Crippen LogP contribution in [0.1, 0.15) is 52.9 Å². The van der Waals surface area contributed by atoms with Crippen molar-refractivity contribution in [3.05, 3.63) is 101 Å². The molecule has 0 spiro atoms. The van der Waals surface area contributed by atoms with Gasteiger partial charge in [-0.1, -0.05) is 67.9 Å². The third-order valence-electron chi connectivity index (χ3n) is 5.62. The highest BCUT2D eigenvalue weighted by molar-refractivity contribution is 5.94. The van der Waals surface area contributed by atoms with Gasteiger partial charge in [-0.2, -0.15) is 5.10 Å². The van der Waals surface area contributed by atoms with Gasteiger partial charge < -0.3 is 5.11 Å². The third-order valence-corrected chi connectivity index (χ3v) is 5.62. The molecule has 168 valence electrons. The van der Waals surface area contributed by atoms with Crippen LogP contribution in [0.3, 0.4) is 0 Å². The second kappa shape index (κ2) is 10.7. The number of unbranched alkanes of at least 4 members (excludes halogenated alkanes) is 1. The molecule has 4 rings (SSSR count). The Labute approximate surface area is 194 Å². The number of aromatic carboxylic acids is 1. The summed E-state index contributed by atoms with van der Waals surface area (Å²) in [6.07, 6.45) is 6.44. The van der Waals surface area contributed by atoms with E-state index in [1.165, 1.54) is 5.56 Å². The molecular weight excluding hydrogens is 412 g/mol. The van der Waals surface area contributed by atoms with Crippen LogP contribution in [0, 0.1) is 0 Å². The fraction of sp³-hybridized carbons (Fsp3) is 0.259. The lowest BCUT2D eigenvalue weighted by Crippen LogP contribution is -2.07. The van der Waals surface area contributed by atoms with E-state index in [1.54, 1.807) is 18.3 Å². The number of carboxylic acids is 1. The van der Waals surface area contributed by atoms with Gasteiger partial charge in [0, 0.05) is 24.6 Å². The molecule has 0 radical (unpaired) electrons. The average molecular weight is 441 g/mol. The van der Waals surface area contributed by atoms with Crippen molar-refractivity contribution in [2.45, 2.75) is 45.6 Å². The summed E-state index contributed by atoms with van der Waals surface area (Å²) in [7, 11) is 0. The molecule has 1 N–H and O–H groups in total. The zero-order chi connectivity index (χ0) is 23.0. The Morgan fingerprint density at radius 3 is 2.42 bits per heavy atom. The number of hydrogen-bond acceptors (Lipinski definition) is 4. The minimum Gasteiger partial charge on any atom is -0.478 e. The summed E-state index contributed by atoms with van der Waals surface area (Å²) < 4.78 is 2.01. The van der Waals surface area contributed by atoms with Gasteiger partial charge in [0.2, 0.25) is 0 Å². The summed E-state index contributed by atoms with van der Waals surface area (Å²) >= 11 is 0. The number of carboxylic acid groups (broad SMARTS) is 1. The van der Waals surface area contributed by atoms with Crippen LogP contribution in [-0.2, 0) is 25.8 Å². The standard InChI is InChI=1S/C27H28N4O2/c1-2-3-11-25-29-24(17-14-20-8-5-4-6-9-20)30-31(25)19-21-12-15-22(16-13-21)26-23(27(32)33)10-7-18-28-26/h4-10,12-13,15-16,18H,2-3,11,14,17,19H2,1H3,(H,32,33). The fourth-order valence-electron chi connectivity index (χ4n) is 3.83. The van der Waals surface area contributed by atoms with E-state index in [0.29, 0.717) is 12.2 Å². The van der Waals surface area contributed by atoms with Gasteiger partial charge in [0.1, 0.15) is 5.82 Å². The number of aromatic nitrogens is 4. The van der Waals surface area contributed by atoms with Gasteiger partial charge in [-0.05, 0) is 36.1 Å². The number of nitrogens with zero attached hydrogens (tertiary/aromatic N) is 4. The number of hydrogen-bond donors (Lipinski definition) is 1. The first-order valence-electron chi connectivity index (χ1n) is 11.4. The number of carbonyl (C=O) groups is 1. The first-order valence-corrected chi connectivity index (χ1v) is 11.4. The Kier molecular flexibility index (Phi) is 7.25. The highest BCUT2D eigenvalue weighted by Crippen LogP contribution is 2.22. The number of aryl methyl sites for hydroxylation is 3. The second-order valence-corrected chi connectivity index (χ2v) is 8.09. The van der Waals surface area contributed by atoms with Crippen LogP contribution in [0.4, 0.5) is 0 Å². The molecule has 0 fully saturated rings. The molecule has 0 aliphatic heterocycles. The van der Waals surface area contributed by atoms with Crippen LogP contribution in [0.25, 0.3) is 11.3 Å². The van der Waals surface area contributed by atoms with Gasteiger partial charge in [0.05, 0.1) is 17.8 Å². The van der Waals surface area contributed by atoms with Gasteiger partial charge in [-0.15, -0.1) is 0 Å². The highest BCUT2D eigenvalue weighted by atomic mass is 16.4. The van der Waals surface area contributed by atoms with E-state index in [4.69, 9.17) is 10.1 Å². The smallest absolute Gasteiger partial charge is 0.337 e. The van der Waals surface area contributed by atoms with E-state index in [2.05, 4.69) is 36.2 Å². The maximum atomic E-state index is 11.5. The molecule has 0 unspecified atom stereocenters. The summed E-state index contributed by atoms with van der Waals surface area (Å²) in [5.41, 5.74) is 3.83. The molecule has 6 nitrogen and oxygen atoms in total. The molecule has 2 heterocycles. The van der Waals surface area contributed by atoms with Crippen molar-refractivity contribution >= 4 is 5.97 Å². The van der Waals surface area contributed by atoms with E-state index >= 15 is 0 Å². The Hall–Kier alpha value is -3.80. The molecule has 0 saturated heterocycles. The molecule has 33 heavy (non-hydrogen) atoms. The zero-order valence-corrected chi connectivity index (χ0v) is 18.8. The van der Waals surface area contributed by atoms with Gasteiger partial charge in [-0.3, -0.25) is 4.98 Å². The Balaban J connectivity index is 1.51. The van der Waals surface area contributed by atoms with Gasteiger partial charge >= 0.3 is 5.97 Å². The number of benzene rings is 2. The maximum Gasteiger partial charge on any atom is 0.337 e. The Morgan fingerprint density at radius 1 is 0.909 bits per heavy atom. The summed E-state index contributed by atoms with van der Waals surface area (Å²) in [5.74, 6) is 0.913. The predicted octanol–water partition coefficient (Wildman–Crippen LogP) is 5.21. The lowest BCUT2D eigenvalue weighted by molar-refractivity contribution is 0.0697. The lowest BCUT2D eigenvalue weighted by Gasteiger charge is -2.08. The van der Waals surface area contributed by atoms with Gasteiger partial charge in [0.15, 0.2) is 5.82 Å². The van der Waals surface area contributed by atoms with Gasteiger partial charge in [-0.25, -0.2) is 14.5 Å². The number of rotatable bonds is 10. The van der Waals surface area contributed by atoms with E-state index in [-0.39, 0.29) is 5.56 Å². The van der Waals surface area contributed by atoms with E-state index < -0.39 is 5.97 Å². The maximum absolute atomic E-state index is 11.5. The van der Waals surface area contributed by atoms with Crippen molar-refractivity contribution < 1.29 is 9.90 Å². The van der Waals surface area contributed by atoms with Crippen LogP contribution < -0.4 is 0 Å². The fourth-order valence-corrected chi connectivity index (χ4v) is 3.83. The van der Waals surface area contributed by atoms with E-state index in [0.717, 1.165) is 54.9 Å². The SMILES string of the molecule is CCCCc1nc(CCc2ccccc2)nn1Cc1ccc(-c2ncccc2C(=O)O)cc1. The van der Waals surface area contributed by atoms with Crippen LogP contribution >= 0.6 is 0 Å². The molecular formula is C27H28N4O2. The Morgan fingerprint density at radius 2 is 1.70 bits per heavy atom. The topological polar surface area (TPSA) is 80.9 Å². The van der Waals surface area contributed by atoms with E-state index in [1.807, 2.05) is 35.0 Å². The molecule has 6 heteroatoms. The average Bonchev–Trinajstić information content (AvgIpc) is 3.24. The molecule has 0 aliphatic rings. The zero-order valence-electron chi connectivity index (χ0n) is 18.8. The molecule has 0 amide bonds. The van der Waals surface area contributed by atoms with Crippen LogP contribution in [0.5, 0.6) is 0 Å².